The lowest BCUT2D eigenvalue weighted by atomic mass is 10.1. The van der Waals surface area contributed by atoms with Gasteiger partial charge in [-0.15, -0.1) is 0 Å². The number of pyridine rings is 1. The average Bonchev–Trinajstić information content (AvgIpc) is 2.96. The Morgan fingerprint density at radius 3 is 2.74 bits per heavy atom. The van der Waals surface area contributed by atoms with E-state index >= 15 is 0 Å². The molecule has 2 atom stereocenters. The molecule has 0 radical (unpaired) electrons. The topological polar surface area (TPSA) is 71.5 Å². The summed E-state index contributed by atoms with van der Waals surface area (Å²) in [5.74, 6) is -0.161. The molecule has 1 aliphatic rings. The van der Waals surface area contributed by atoms with E-state index in [1.54, 1.807) is 6.20 Å². The van der Waals surface area contributed by atoms with E-state index in [1.165, 1.54) is 4.90 Å². The van der Waals surface area contributed by atoms with Crippen molar-refractivity contribution in [1.29, 1.82) is 0 Å². The largest absolute Gasteiger partial charge is 0.444 e. The minimum atomic E-state index is -0.568. The third-order valence-corrected chi connectivity index (χ3v) is 3.67. The average molecular weight is 319 g/mol. The van der Waals surface area contributed by atoms with Crippen LogP contribution >= 0.6 is 0 Å². The normalized spacial score (nSPS) is 19.3. The van der Waals surface area contributed by atoms with Crippen LogP contribution in [0.5, 0.6) is 0 Å². The summed E-state index contributed by atoms with van der Waals surface area (Å²) in [6.07, 6.45) is 2.72. The molecule has 1 N–H and O–H groups in total. The highest BCUT2D eigenvalue weighted by molar-refractivity contribution is 5.86. The number of ether oxygens (including phenoxy) is 1. The van der Waals surface area contributed by atoms with Crippen LogP contribution in [-0.4, -0.2) is 40.1 Å². The van der Waals surface area contributed by atoms with Crippen molar-refractivity contribution in [1.82, 2.24) is 15.2 Å². The number of nitrogens with zero attached hydrogens (tertiary/aromatic N) is 2. The van der Waals surface area contributed by atoms with Crippen molar-refractivity contribution in [2.24, 2.45) is 0 Å². The summed E-state index contributed by atoms with van der Waals surface area (Å²) in [7, 11) is 0. The maximum atomic E-state index is 12.5. The SMILES string of the molecule is CC(NC(=O)C1CCCN1C(=O)OC(C)(C)C)c1ccccn1. The summed E-state index contributed by atoms with van der Waals surface area (Å²) in [5, 5.41) is 2.93. The quantitative estimate of drug-likeness (QED) is 0.929. The van der Waals surface area contributed by atoms with E-state index < -0.39 is 17.7 Å². The van der Waals surface area contributed by atoms with Crippen LogP contribution in [0.4, 0.5) is 4.79 Å². The second kappa shape index (κ2) is 6.98. The lowest BCUT2D eigenvalue weighted by Gasteiger charge is -2.28. The Hall–Kier alpha value is -2.11. The van der Waals surface area contributed by atoms with Crippen LogP contribution < -0.4 is 5.32 Å². The van der Waals surface area contributed by atoms with E-state index in [2.05, 4.69) is 10.3 Å². The highest BCUT2D eigenvalue weighted by Gasteiger charge is 2.37. The molecule has 2 heterocycles. The van der Waals surface area contributed by atoms with Crippen molar-refractivity contribution in [2.75, 3.05) is 6.54 Å². The van der Waals surface area contributed by atoms with Crippen LogP contribution in [0.1, 0.15) is 52.3 Å². The second-order valence-corrected chi connectivity index (χ2v) is 6.82. The summed E-state index contributed by atoms with van der Waals surface area (Å²) in [6.45, 7) is 7.88. The monoisotopic (exact) mass is 319 g/mol. The van der Waals surface area contributed by atoms with Gasteiger partial charge in [-0.05, 0) is 52.7 Å². The number of carbonyl (C=O) groups excluding carboxylic acids is 2. The number of hydrogen-bond acceptors (Lipinski definition) is 4. The van der Waals surface area contributed by atoms with Crippen molar-refractivity contribution in [3.63, 3.8) is 0 Å². The van der Waals surface area contributed by atoms with Gasteiger partial charge >= 0.3 is 6.09 Å². The van der Waals surface area contributed by atoms with E-state index in [0.717, 1.165) is 12.1 Å². The Bertz CT molecular complexity index is 554. The first kappa shape index (κ1) is 17.2. The summed E-state index contributed by atoms with van der Waals surface area (Å²) in [5.41, 5.74) is 0.227. The molecular weight excluding hydrogens is 294 g/mol. The molecule has 2 rings (SSSR count). The zero-order valence-electron chi connectivity index (χ0n) is 14.2. The summed E-state index contributed by atoms with van der Waals surface area (Å²) in [4.78, 5) is 30.5. The van der Waals surface area contributed by atoms with Gasteiger partial charge in [-0.3, -0.25) is 14.7 Å². The van der Waals surface area contributed by atoms with Gasteiger partial charge in [0.05, 0.1) is 11.7 Å². The first-order valence-electron chi connectivity index (χ1n) is 7.99. The fourth-order valence-electron chi connectivity index (χ4n) is 2.59. The molecule has 1 aliphatic heterocycles. The predicted molar refractivity (Wildman–Crippen MR) is 86.8 cm³/mol. The molecule has 1 fully saturated rings. The first-order valence-corrected chi connectivity index (χ1v) is 7.99. The van der Waals surface area contributed by atoms with Crippen molar-refractivity contribution >= 4 is 12.0 Å². The van der Waals surface area contributed by atoms with Gasteiger partial charge in [-0.25, -0.2) is 4.79 Å². The number of amides is 2. The molecule has 1 aromatic rings. The fourth-order valence-corrected chi connectivity index (χ4v) is 2.59. The van der Waals surface area contributed by atoms with Gasteiger partial charge in [-0.2, -0.15) is 0 Å². The van der Waals surface area contributed by atoms with Crippen molar-refractivity contribution < 1.29 is 14.3 Å². The highest BCUT2D eigenvalue weighted by atomic mass is 16.6. The zero-order valence-corrected chi connectivity index (χ0v) is 14.2. The van der Waals surface area contributed by atoms with E-state index in [9.17, 15) is 9.59 Å². The zero-order chi connectivity index (χ0) is 17.0. The molecule has 0 spiro atoms. The predicted octanol–water partition coefficient (Wildman–Crippen LogP) is 2.66. The van der Waals surface area contributed by atoms with E-state index in [4.69, 9.17) is 4.74 Å². The number of hydrogen-bond donors (Lipinski definition) is 1. The standard InChI is InChI=1S/C17H25N3O3/c1-12(13-8-5-6-10-18-13)19-15(21)14-9-7-11-20(14)16(22)23-17(2,3)4/h5-6,8,10,12,14H,7,9,11H2,1-4H3,(H,19,21). The second-order valence-electron chi connectivity index (χ2n) is 6.82. The molecule has 0 saturated carbocycles. The lowest BCUT2D eigenvalue weighted by Crippen LogP contribution is -2.48. The molecule has 0 aliphatic carbocycles. The van der Waals surface area contributed by atoms with Gasteiger partial charge in [0.1, 0.15) is 11.6 Å². The van der Waals surface area contributed by atoms with Gasteiger partial charge in [0, 0.05) is 12.7 Å². The maximum absolute atomic E-state index is 12.5. The maximum Gasteiger partial charge on any atom is 0.410 e. The summed E-state index contributed by atoms with van der Waals surface area (Å²) < 4.78 is 5.39. The third kappa shape index (κ3) is 4.68. The van der Waals surface area contributed by atoms with Crippen LogP contribution in [0.25, 0.3) is 0 Å². The van der Waals surface area contributed by atoms with Crippen LogP contribution in [0.15, 0.2) is 24.4 Å². The van der Waals surface area contributed by atoms with Crippen LogP contribution in [-0.2, 0) is 9.53 Å². The minimum Gasteiger partial charge on any atom is -0.444 e. The Morgan fingerprint density at radius 2 is 2.13 bits per heavy atom. The number of likely N-dealkylation sites (tertiary alicyclic amines) is 1. The summed E-state index contributed by atoms with van der Waals surface area (Å²) >= 11 is 0. The van der Waals surface area contributed by atoms with Gasteiger partial charge < -0.3 is 10.1 Å². The molecule has 1 aromatic heterocycles. The number of nitrogens with one attached hydrogen (secondary N) is 1. The van der Waals surface area contributed by atoms with Crippen molar-refractivity contribution in [3.05, 3.63) is 30.1 Å². The van der Waals surface area contributed by atoms with Gasteiger partial charge in [0.25, 0.3) is 0 Å². The Morgan fingerprint density at radius 1 is 1.39 bits per heavy atom. The van der Waals surface area contributed by atoms with Crippen LogP contribution in [0.2, 0.25) is 0 Å². The van der Waals surface area contributed by atoms with Crippen LogP contribution in [0.3, 0.4) is 0 Å². The molecule has 23 heavy (non-hydrogen) atoms. The lowest BCUT2D eigenvalue weighted by molar-refractivity contribution is -0.126. The van der Waals surface area contributed by atoms with E-state index in [1.807, 2.05) is 45.9 Å². The fraction of sp³-hybridized carbons (Fsp3) is 0.588. The molecule has 6 heteroatoms. The van der Waals surface area contributed by atoms with Gasteiger partial charge in [-0.1, -0.05) is 6.07 Å². The Kier molecular flexibility index (Phi) is 5.23. The molecule has 2 amide bonds. The Balaban J connectivity index is 1.99. The first-order chi connectivity index (χ1) is 10.8. The third-order valence-electron chi connectivity index (χ3n) is 3.67. The summed E-state index contributed by atoms with van der Waals surface area (Å²) in [6, 6.07) is 4.90. The van der Waals surface area contributed by atoms with Crippen molar-refractivity contribution in [3.8, 4) is 0 Å². The number of rotatable bonds is 3. The van der Waals surface area contributed by atoms with E-state index in [0.29, 0.717) is 13.0 Å². The highest BCUT2D eigenvalue weighted by Crippen LogP contribution is 2.22. The van der Waals surface area contributed by atoms with E-state index in [-0.39, 0.29) is 11.9 Å². The number of carbonyl (C=O) groups is 2. The molecule has 0 bridgehead atoms. The number of aromatic nitrogens is 1. The van der Waals surface area contributed by atoms with Crippen LogP contribution in [0, 0.1) is 0 Å². The Labute approximate surface area is 137 Å². The molecule has 2 unspecified atom stereocenters. The van der Waals surface area contributed by atoms with Gasteiger partial charge in [0.2, 0.25) is 5.91 Å². The molecule has 1 saturated heterocycles. The molecule has 0 aromatic carbocycles. The molecule has 126 valence electrons. The minimum absolute atomic E-state index is 0.161. The van der Waals surface area contributed by atoms with Crippen molar-refractivity contribution in [2.45, 2.75) is 58.2 Å². The molecular formula is C17H25N3O3. The van der Waals surface area contributed by atoms with Gasteiger partial charge in [0.15, 0.2) is 0 Å². The molecule has 6 nitrogen and oxygen atoms in total. The smallest absolute Gasteiger partial charge is 0.410 e.